The van der Waals surface area contributed by atoms with Crippen molar-refractivity contribution in [2.45, 2.75) is 36.2 Å². The number of amides is 1. The van der Waals surface area contributed by atoms with Gasteiger partial charge in [0.1, 0.15) is 10.6 Å². The average molecular weight is 441 g/mol. The minimum atomic E-state index is -4.79. The van der Waals surface area contributed by atoms with E-state index in [0.717, 1.165) is 12.1 Å². The van der Waals surface area contributed by atoms with E-state index >= 15 is 0 Å². The number of fused-ring (bicyclic) bond motifs is 2. The van der Waals surface area contributed by atoms with Gasteiger partial charge in [-0.05, 0) is 55.2 Å². The first kappa shape index (κ1) is 20.6. The van der Waals surface area contributed by atoms with Crippen LogP contribution in [0, 0.1) is 5.92 Å². The second-order valence-corrected chi connectivity index (χ2v) is 9.05. The summed E-state index contributed by atoms with van der Waals surface area (Å²) in [5, 5.41) is 0. The molecular formula is C19H18F3N3O4S. The lowest BCUT2D eigenvalue weighted by Gasteiger charge is -2.32. The van der Waals surface area contributed by atoms with E-state index in [4.69, 9.17) is 0 Å². The number of ether oxygens (including phenoxy) is 1. The summed E-state index contributed by atoms with van der Waals surface area (Å²) in [6, 6.07) is 7.36. The van der Waals surface area contributed by atoms with E-state index < -0.39 is 22.1 Å². The van der Waals surface area contributed by atoms with Crippen molar-refractivity contribution < 1.29 is 31.1 Å². The number of hydrogen-bond donors (Lipinski definition) is 1. The van der Waals surface area contributed by atoms with Gasteiger partial charge in [0.2, 0.25) is 10.0 Å². The second kappa shape index (κ2) is 7.55. The number of carbonyl (C=O) groups is 1. The van der Waals surface area contributed by atoms with Gasteiger partial charge >= 0.3 is 6.36 Å². The number of nitrogens with zero attached hydrogens (tertiary/aromatic N) is 2. The minimum Gasteiger partial charge on any atom is -0.406 e. The summed E-state index contributed by atoms with van der Waals surface area (Å²) in [4.78, 5) is 18.3. The summed E-state index contributed by atoms with van der Waals surface area (Å²) in [5.41, 5.74) is 0.254. The maximum absolute atomic E-state index is 12.8. The van der Waals surface area contributed by atoms with Crippen LogP contribution < -0.4 is 9.46 Å². The lowest BCUT2D eigenvalue weighted by atomic mass is 10.0. The highest BCUT2D eigenvalue weighted by Gasteiger charge is 2.47. The van der Waals surface area contributed by atoms with Crippen LogP contribution >= 0.6 is 0 Å². The van der Waals surface area contributed by atoms with Crippen LogP contribution in [0.1, 0.15) is 23.2 Å². The minimum absolute atomic E-state index is 0.0294. The summed E-state index contributed by atoms with van der Waals surface area (Å²) in [6.07, 6.45) is -0.885. The number of benzene rings is 1. The molecule has 0 unspecified atom stereocenters. The maximum atomic E-state index is 12.8. The van der Waals surface area contributed by atoms with Gasteiger partial charge in [0.25, 0.3) is 5.91 Å². The molecule has 1 amide bonds. The number of rotatable bonds is 5. The Bertz CT molecular complexity index is 1030. The molecule has 1 aromatic heterocycles. The topological polar surface area (TPSA) is 88.6 Å². The Morgan fingerprint density at radius 1 is 1.17 bits per heavy atom. The number of aromatic nitrogens is 1. The molecule has 1 saturated carbocycles. The molecule has 4 rings (SSSR count). The molecule has 160 valence electrons. The number of likely N-dealkylation sites (tertiary alicyclic amines) is 1. The highest BCUT2D eigenvalue weighted by Crippen LogP contribution is 2.39. The van der Waals surface area contributed by atoms with Crippen LogP contribution in [0.15, 0.2) is 53.7 Å². The first-order chi connectivity index (χ1) is 14.1. The smallest absolute Gasteiger partial charge is 0.406 e. The quantitative estimate of drug-likeness (QED) is 0.771. The fourth-order valence-electron chi connectivity index (χ4n) is 4.08. The molecule has 0 radical (unpaired) electrons. The van der Waals surface area contributed by atoms with Crippen LogP contribution in [0.5, 0.6) is 5.75 Å². The van der Waals surface area contributed by atoms with Crippen molar-refractivity contribution in [1.29, 1.82) is 0 Å². The average Bonchev–Trinajstić information content (AvgIpc) is 3.27. The highest BCUT2D eigenvalue weighted by molar-refractivity contribution is 7.89. The molecule has 2 fully saturated rings. The van der Waals surface area contributed by atoms with Gasteiger partial charge in [0, 0.05) is 36.6 Å². The Balaban J connectivity index is 1.39. The lowest BCUT2D eigenvalue weighted by Crippen LogP contribution is -2.47. The Labute approximate surface area is 170 Å². The largest absolute Gasteiger partial charge is 0.573 e. The van der Waals surface area contributed by atoms with Crippen molar-refractivity contribution in [2.24, 2.45) is 5.92 Å². The Morgan fingerprint density at radius 3 is 2.47 bits per heavy atom. The van der Waals surface area contributed by atoms with Gasteiger partial charge in [-0.3, -0.25) is 9.78 Å². The number of hydrogen-bond acceptors (Lipinski definition) is 5. The van der Waals surface area contributed by atoms with Crippen molar-refractivity contribution >= 4 is 15.9 Å². The van der Waals surface area contributed by atoms with E-state index in [1.807, 2.05) is 0 Å². The molecule has 11 heteroatoms. The van der Waals surface area contributed by atoms with Crippen LogP contribution in [-0.2, 0) is 10.0 Å². The Kier molecular flexibility index (Phi) is 5.18. The second-order valence-electron chi connectivity index (χ2n) is 7.33. The zero-order valence-corrected chi connectivity index (χ0v) is 16.4. The van der Waals surface area contributed by atoms with Crippen LogP contribution in [0.2, 0.25) is 0 Å². The van der Waals surface area contributed by atoms with Gasteiger partial charge in [-0.15, -0.1) is 13.2 Å². The summed E-state index contributed by atoms with van der Waals surface area (Å²) < 4.78 is 68.3. The van der Waals surface area contributed by atoms with Gasteiger partial charge in [-0.2, -0.15) is 0 Å². The zero-order chi connectivity index (χ0) is 21.5. The lowest BCUT2D eigenvalue weighted by molar-refractivity contribution is -0.274. The third kappa shape index (κ3) is 4.26. The number of sulfonamides is 1. The van der Waals surface area contributed by atoms with Gasteiger partial charge in [-0.1, -0.05) is 0 Å². The molecule has 2 heterocycles. The van der Waals surface area contributed by atoms with Gasteiger partial charge in [-0.25, -0.2) is 13.1 Å². The number of alkyl halides is 3. The molecule has 1 saturated heterocycles. The molecule has 3 atom stereocenters. The standard InChI is InChI=1S/C19H18F3N3O4S/c20-19(21,22)29-15-5-3-12(4-6-15)18(26)25-11-13-8-14(25)9-17(13)24-30(27,28)16-2-1-7-23-10-16/h1-7,10,13-14,17,24H,8-9,11H2/t13-,14-,17-/m0/s1. The monoisotopic (exact) mass is 441 g/mol. The van der Waals surface area contributed by atoms with Crippen LogP contribution in [0.25, 0.3) is 0 Å². The molecule has 1 aromatic carbocycles. The predicted octanol–water partition coefficient (Wildman–Crippen LogP) is 2.56. The van der Waals surface area contributed by atoms with Gasteiger partial charge in [0.15, 0.2) is 0 Å². The summed E-state index contributed by atoms with van der Waals surface area (Å²) in [5.74, 6) is -0.722. The van der Waals surface area contributed by atoms with Crippen molar-refractivity contribution in [2.75, 3.05) is 6.54 Å². The summed E-state index contributed by atoms with van der Waals surface area (Å²) >= 11 is 0. The molecule has 7 nitrogen and oxygen atoms in total. The molecule has 2 bridgehead atoms. The zero-order valence-electron chi connectivity index (χ0n) is 15.5. The van der Waals surface area contributed by atoms with Crippen LogP contribution in [0.4, 0.5) is 13.2 Å². The maximum Gasteiger partial charge on any atom is 0.573 e. The molecule has 30 heavy (non-hydrogen) atoms. The van der Waals surface area contributed by atoms with Crippen molar-refractivity contribution in [1.82, 2.24) is 14.6 Å². The molecule has 2 aliphatic rings. The normalized spacial score (nSPS) is 23.6. The molecule has 1 aliphatic heterocycles. The van der Waals surface area contributed by atoms with E-state index in [9.17, 15) is 26.4 Å². The number of nitrogens with one attached hydrogen (secondary N) is 1. The highest BCUT2D eigenvalue weighted by atomic mass is 32.2. The molecule has 2 aromatic rings. The molecular weight excluding hydrogens is 423 g/mol. The predicted molar refractivity (Wildman–Crippen MR) is 99.0 cm³/mol. The fraction of sp³-hybridized carbons (Fsp3) is 0.368. The third-order valence-corrected chi connectivity index (χ3v) is 6.86. The Morgan fingerprint density at radius 2 is 1.90 bits per heavy atom. The molecule has 1 N–H and O–H groups in total. The first-order valence-corrected chi connectivity index (χ1v) is 10.7. The third-order valence-electron chi connectivity index (χ3n) is 5.39. The van der Waals surface area contributed by atoms with Crippen molar-refractivity contribution in [3.8, 4) is 5.75 Å². The van der Waals surface area contributed by atoms with Gasteiger partial charge < -0.3 is 9.64 Å². The molecule has 0 spiro atoms. The fourth-order valence-corrected chi connectivity index (χ4v) is 5.37. The van der Waals surface area contributed by atoms with E-state index in [1.54, 1.807) is 11.0 Å². The first-order valence-electron chi connectivity index (χ1n) is 9.21. The van der Waals surface area contributed by atoms with E-state index in [2.05, 4.69) is 14.4 Å². The van der Waals surface area contributed by atoms with E-state index in [0.29, 0.717) is 19.4 Å². The van der Waals surface area contributed by atoms with E-state index in [1.165, 1.54) is 30.6 Å². The summed E-state index contributed by atoms with van der Waals surface area (Å²) in [6.45, 7) is 0.379. The SMILES string of the molecule is O=C(c1ccc(OC(F)(F)F)cc1)N1C[C@@H]2C[C@H]1C[C@@H]2NS(=O)(=O)c1cccnc1. The summed E-state index contributed by atoms with van der Waals surface area (Å²) in [7, 11) is -3.70. The number of piperidine rings is 1. The molecule has 1 aliphatic carbocycles. The van der Waals surface area contributed by atoms with Crippen molar-refractivity contribution in [3.63, 3.8) is 0 Å². The number of pyridine rings is 1. The van der Waals surface area contributed by atoms with E-state index in [-0.39, 0.29) is 34.4 Å². The Hall–Kier alpha value is -2.66. The van der Waals surface area contributed by atoms with Crippen molar-refractivity contribution in [3.05, 3.63) is 54.4 Å². The number of halogens is 3. The van der Waals surface area contributed by atoms with Crippen LogP contribution in [0.3, 0.4) is 0 Å². The van der Waals surface area contributed by atoms with Gasteiger partial charge in [0.05, 0.1) is 0 Å². The van der Waals surface area contributed by atoms with Crippen LogP contribution in [-0.4, -0.2) is 49.2 Å². The number of carbonyl (C=O) groups excluding carboxylic acids is 1.